The largest absolute Gasteiger partial charge is 0.496 e. The van der Waals surface area contributed by atoms with Crippen LogP contribution in [0.4, 0.5) is 0 Å². The van der Waals surface area contributed by atoms with Gasteiger partial charge < -0.3 is 14.6 Å². The first-order chi connectivity index (χ1) is 8.97. The summed E-state index contributed by atoms with van der Waals surface area (Å²) in [6, 6.07) is 5.67. The standard InChI is InChI=1S/C15H20O4/c1-10-4-5-13(18-3)12(6-10)15(2,14(16)17)7-11-8-19-9-11/h4-6,11H,7-9H2,1-3H3,(H,16,17). The Balaban J connectivity index is 2.42. The zero-order valence-electron chi connectivity index (χ0n) is 11.6. The lowest BCUT2D eigenvalue weighted by molar-refractivity contribution is -0.146. The van der Waals surface area contributed by atoms with E-state index in [1.54, 1.807) is 14.0 Å². The molecule has 2 rings (SSSR count). The number of hydrogen-bond donors (Lipinski definition) is 1. The SMILES string of the molecule is COc1ccc(C)cc1C(C)(CC1COC1)C(=O)O. The Hall–Kier alpha value is -1.55. The van der Waals surface area contributed by atoms with Crippen LogP contribution in [0.25, 0.3) is 0 Å². The summed E-state index contributed by atoms with van der Waals surface area (Å²) in [5.74, 6) is 0.130. The Kier molecular flexibility index (Phi) is 3.80. The fraction of sp³-hybridized carbons (Fsp3) is 0.533. The molecule has 0 spiro atoms. The van der Waals surface area contributed by atoms with Gasteiger partial charge in [0.25, 0.3) is 0 Å². The Labute approximate surface area is 113 Å². The van der Waals surface area contributed by atoms with E-state index >= 15 is 0 Å². The van der Waals surface area contributed by atoms with Crippen molar-refractivity contribution in [3.63, 3.8) is 0 Å². The van der Waals surface area contributed by atoms with Gasteiger partial charge in [0.15, 0.2) is 0 Å². The highest BCUT2D eigenvalue weighted by molar-refractivity contribution is 5.82. The molecule has 1 atom stereocenters. The van der Waals surface area contributed by atoms with E-state index in [2.05, 4.69) is 0 Å². The third kappa shape index (κ3) is 2.59. The average Bonchev–Trinajstić information content (AvgIpc) is 2.33. The predicted molar refractivity (Wildman–Crippen MR) is 71.6 cm³/mol. The molecule has 0 aliphatic carbocycles. The lowest BCUT2D eigenvalue weighted by Gasteiger charge is -2.35. The van der Waals surface area contributed by atoms with Crippen molar-refractivity contribution in [1.82, 2.24) is 0 Å². The van der Waals surface area contributed by atoms with Crippen LogP contribution < -0.4 is 4.74 Å². The molecular formula is C15H20O4. The zero-order chi connectivity index (χ0) is 14.0. The molecule has 1 N–H and O–H groups in total. The molecule has 1 unspecified atom stereocenters. The second-order valence-electron chi connectivity index (χ2n) is 5.45. The van der Waals surface area contributed by atoms with Gasteiger partial charge in [-0.05, 0) is 26.3 Å². The Morgan fingerprint density at radius 1 is 1.53 bits per heavy atom. The number of methoxy groups -OCH3 is 1. The van der Waals surface area contributed by atoms with Crippen molar-refractivity contribution in [2.75, 3.05) is 20.3 Å². The third-order valence-corrected chi connectivity index (χ3v) is 3.83. The van der Waals surface area contributed by atoms with Crippen molar-refractivity contribution in [2.45, 2.75) is 25.7 Å². The molecule has 4 nitrogen and oxygen atoms in total. The monoisotopic (exact) mass is 264 g/mol. The van der Waals surface area contributed by atoms with Crippen LogP contribution in [-0.2, 0) is 14.9 Å². The first-order valence-corrected chi connectivity index (χ1v) is 6.43. The first-order valence-electron chi connectivity index (χ1n) is 6.43. The maximum atomic E-state index is 11.8. The summed E-state index contributed by atoms with van der Waals surface area (Å²) in [7, 11) is 1.57. The van der Waals surface area contributed by atoms with Gasteiger partial charge in [-0.15, -0.1) is 0 Å². The summed E-state index contributed by atoms with van der Waals surface area (Å²) in [4.78, 5) is 11.8. The Morgan fingerprint density at radius 3 is 2.68 bits per heavy atom. The summed E-state index contributed by atoms with van der Waals surface area (Å²) in [6.07, 6.45) is 0.572. The summed E-state index contributed by atoms with van der Waals surface area (Å²) in [5.41, 5.74) is 0.841. The molecule has 1 aliphatic rings. The highest BCUT2D eigenvalue weighted by Crippen LogP contribution is 2.39. The molecule has 1 fully saturated rings. The van der Waals surface area contributed by atoms with Crippen molar-refractivity contribution >= 4 is 5.97 Å². The summed E-state index contributed by atoms with van der Waals surface area (Å²) >= 11 is 0. The number of aliphatic carboxylic acids is 1. The molecule has 1 aliphatic heterocycles. The molecule has 1 saturated heterocycles. The van der Waals surface area contributed by atoms with E-state index in [0.29, 0.717) is 31.3 Å². The van der Waals surface area contributed by atoms with Crippen LogP contribution in [-0.4, -0.2) is 31.4 Å². The molecule has 104 valence electrons. The minimum Gasteiger partial charge on any atom is -0.496 e. The lowest BCUT2D eigenvalue weighted by atomic mass is 9.74. The van der Waals surface area contributed by atoms with Gasteiger partial charge in [-0.1, -0.05) is 17.7 Å². The van der Waals surface area contributed by atoms with Gasteiger partial charge in [0.1, 0.15) is 5.75 Å². The predicted octanol–water partition coefficient (Wildman–Crippen LogP) is 2.38. The van der Waals surface area contributed by atoms with Gasteiger partial charge in [-0.3, -0.25) is 4.79 Å². The number of carboxylic acid groups (broad SMARTS) is 1. The molecule has 4 heteroatoms. The summed E-state index contributed by atoms with van der Waals surface area (Å²) in [6.45, 7) is 5.02. The van der Waals surface area contributed by atoms with Crippen LogP contribution in [0.5, 0.6) is 5.75 Å². The van der Waals surface area contributed by atoms with Gasteiger partial charge in [-0.25, -0.2) is 0 Å². The molecular weight excluding hydrogens is 244 g/mol. The number of ether oxygens (including phenoxy) is 2. The normalized spacial score (nSPS) is 18.5. The van der Waals surface area contributed by atoms with E-state index in [-0.39, 0.29) is 0 Å². The van der Waals surface area contributed by atoms with Crippen LogP contribution in [0.2, 0.25) is 0 Å². The molecule has 0 aromatic heterocycles. The summed E-state index contributed by atoms with van der Waals surface area (Å²) < 4.78 is 10.5. The fourth-order valence-electron chi connectivity index (χ4n) is 2.55. The fourth-order valence-corrected chi connectivity index (χ4v) is 2.55. The maximum Gasteiger partial charge on any atom is 0.313 e. The van der Waals surface area contributed by atoms with Crippen LogP contribution in [0, 0.1) is 12.8 Å². The van der Waals surface area contributed by atoms with Gasteiger partial charge in [0.2, 0.25) is 0 Å². The number of carboxylic acids is 1. The molecule has 0 radical (unpaired) electrons. The molecule has 0 saturated carbocycles. The van der Waals surface area contributed by atoms with E-state index in [1.165, 1.54) is 0 Å². The van der Waals surface area contributed by atoms with Crippen LogP contribution in [0.3, 0.4) is 0 Å². The molecule has 1 aromatic rings. The number of benzene rings is 1. The number of carbonyl (C=O) groups is 1. The number of aryl methyl sites for hydroxylation is 1. The van der Waals surface area contributed by atoms with Crippen molar-refractivity contribution in [3.8, 4) is 5.75 Å². The second-order valence-corrected chi connectivity index (χ2v) is 5.45. The third-order valence-electron chi connectivity index (χ3n) is 3.83. The summed E-state index contributed by atoms with van der Waals surface area (Å²) in [5, 5.41) is 9.67. The van der Waals surface area contributed by atoms with Gasteiger partial charge >= 0.3 is 5.97 Å². The van der Waals surface area contributed by atoms with E-state index < -0.39 is 11.4 Å². The van der Waals surface area contributed by atoms with E-state index in [1.807, 2.05) is 25.1 Å². The molecule has 1 heterocycles. The highest BCUT2D eigenvalue weighted by Gasteiger charge is 2.41. The van der Waals surface area contributed by atoms with Crippen LogP contribution in [0.1, 0.15) is 24.5 Å². The molecule has 1 aromatic carbocycles. The molecule has 0 bridgehead atoms. The van der Waals surface area contributed by atoms with Gasteiger partial charge in [0, 0.05) is 11.5 Å². The van der Waals surface area contributed by atoms with Crippen LogP contribution >= 0.6 is 0 Å². The van der Waals surface area contributed by atoms with Gasteiger partial charge in [0.05, 0.1) is 25.7 Å². The number of hydrogen-bond acceptors (Lipinski definition) is 3. The topological polar surface area (TPSA) is 55.8 Å². The van der Waals surface area contributed by atoms with E-state index in [9.17, 15) is 9.90 Å². The van der Waals surface area contributed by atoms with E-state index in [0.717, 1.165) is 11.1 Å². The van der Waals surface area contributed by atoms with Crippen LogP contribution in [0.15, 0.2) is 18.2 Å². The van der Waals surface area contributed by atoms with E-state index in [4.69, 9.17) is 9.47 Å². The Morgan fingerprint density at radius 2 is 2.21 bits per heavy atom. The zero-order valence-corrected chi connectivity index (χ0v) is 11.6. The Bertz CT molecular complexity index is 479. The van der Waals surface area contributed by atoms with Crippen molar-refractivity contribution < 1.29 is 19.4 Å². The van der Waals surface area contributed by atoms with Gasteiger partial charge in [-0.2, -0.15) is 0 Å². The smallest absolute Gasteiger partial charge is 0.313 e. The minimum atomic E-state index is -0.939. The second kappa shape index (κ2) is 5.21. The number of rotatable bonds is 5. The first kappa shape index (κ1) is 13.9. The van der Waals surface area contributed by atoms with Crippen molar-refractivity contribution in [1.29, 1.82) is 0 Å². The maximum absolute atomic E-state index is 11.8. The lowest BCUT2D eigenvalue weighted by Crippen LogP contribution is -2.40. The average molecular weight is 264 g/mol. The minimum absolute atomic E-state index is 0.311. The molecule has 19 heavy (non-hydrogen) atoms. The molecule has 0 amide bonds. The quantitative estimate of drug-likeness (QED) is 0.887. The van der Waals surface area contributed by atoms with Crippen molar-refractivity contribution in [2.24, 2.45) is 5.92 Å². The highest BCUT2D eigenvalue weighted by atomic mass is 16.5. The van der Waals surface area contributed by atoms with Crippen molar-refractivity contribution in [3.05, 3.63) is 29.3 Å².